The number of thioether (sulfide) groups is 2. The van der Waals surface area contributed by atoms with E-state index in [9.17, 15) is 0 Å². The van der Waals surface area contributed by atoms with Gasteiger partial charge in [-0.25, -0.2) is 9.13 Å². The second-order valence-electron chi connectivity index (χ2n) is 13.7. The Morgan fingerprint density at radius 3 is 0.913 bits per heavy atom. The van der Waals surface area contributed by atoms with Crippen molar-refractivity contribution < 1.29 is 9.13 Å². The van der Waals surface area contributed by atoms with Gasteiger partial charge in [-0.1, -0.05) is 142 Å². The summed E-state index contributed by atoms with van der Waals surface area (Å²) < 4.78 is 4.75. The number of aromatic nitrogens is 2. The minimum atomic E-state index is 1.17. The van der Waals surface area contributed by atoms with E-state index >= 15 is 0 Å². The number of pyridine rings is 2. The molecule has 2 rings (SSSR count). The lowest BCUT2D eigenvalue weighted by atomic mass is 10.1. The third-order valence-electron chi connectivity index (χ3n) is 9.34. The Labute approximate surface area is 295 Å². The van der Waals surface area contributed by atoms with E-state index in [1.54, 1.807) is 0 Å². The Bertz CT molecular complexity index is 823. The van der Waals surface area contributed by atoms with Crippen molar-refractivity contribution in [2.24, 2.45) is 0 Å². The first-order chi connectivity index (χ1) is 22.8. The van der Waals surface area contributed by atoms with E-state index in [0.29, 0.717) is 0 Å². The maximum Gasteiger partial charge on any atom is 0.169 e. The fourth-order valence-corrected chi connectivity index (χ4v) is 8.03. The predicted molar refractivity (Wildman–Crippen MR) is 206 cm³/mol. The van der Waals surface area contributed by atoms with Crippen LogP contribution in [0.25, 0.3) is 0 Å². The molecule has 0 radical (unpaired) electrons. The smallest absolute Gasteiger partial charge is 0.169 e. The molecule has 0 atom stereocenters. The van der Waals surface area contributed by atoms with E-state index in [1.165, 1.54) is 201 Å². The van der Waals surface area contributed by atoms with Gasteiger partial charge in [0.1, 0.15) is 13.1 Å². The van der Waals surface area contributed by atoms with E-state index in [0.717, 1.165) is 0 Å². The summed E-state index contributed by atoms with van der Waals surface area (Å²) in [5.41, 5.74) is 0. The normalized spacial score (nSPS) is 11.4. The van der Waals surface area contributed by atoms with Crippen molar-refractivity contribution in [3.05, 3.63) is 49.1 Å². The van der Waals surface area contributed by atoms with Gasteiger partial charge in [0.2, 0.25) is 0 Å². The molecule has 2 heterocycles. The van der Waals surface area contributed by atoms with Crippen molar-refractivity contribution in [2.75, 3.05) is 11.5 Å². The Morgan fingerprint density at radius 2 is 0.609 bits per heavy atom. The summed E-state index contributed by atoms with van der Waals surface area (Å²) >= 11 is 4.07. The number of nitrogens with zero attached hydrogens (tertiary/aromatic N) is 2. The number of unbranched alkanes of at least 4 members (excludes halogenated alkanes) is 23. The lowest BCUT2D eigenvalue weighted by Crippen LogP contribution is -2.32. The van der Waals surface area contributed by atoms with Crippen molar-refractivity contribution in [3.63, 3.8) is 0 Å². The summed E-state index contributed by atoms with van der Waals surface area (Å²) in [7, 11) is 0. The van der Waals surface area contributed by atoms with E-state index in [2.05, 4.69) is 72.0 Å². The molecule has 0 amide bonds. The standard InChI is InChI=1S/C42H74N2S2/c1-3-5-7-9-11-13-15-17-21-25-33-43-35-29-41(30-36-43)45-39-27-23-19-20-24-28-40-46-42-31-37-44(38-32-42)34-26-22-18-16-14-12-10-8-6-4-2/h29-32,35-38H,3-28,33-34,39-40H2,1-2H3/q+2. The maximum absolute atomic E-state index is 2.38. The van der Waals surface area contributed by atoms with E-state index in [4.69, 9.17) is 0 Å². The molecule has 0 unspecified atom stereocenters. The number of aryl methyl sites for hydroxylation is 2. The fourth-order valence-electron chi connectivity index (χ4n) is 6.23. The van der Waals surface area contributed by atoms with Crippen molar-refractivity contribution in [3.8, 4) is 0 Å². The molecule has 0 saturated carbocycles. The highest BCUT2D eigenvalue weighted by molar-refractivity contribution is 7.99. The van der Waals surface area contributed by atoms with Gasteiger partial charge in [0.05, 0.1) is 0 Å². The average molecular weight is 671 g/mol. The molecule has 262 valence electrons. The molecular formula is C42H74N2S2+2. The first kappa shape index (κ1) is 41.2. The van der Waals surface area contributed by atoms with Gasteiger partial charge in [-0.2, -0.15) is 0 Å². The molecule has 0 aliphatic carbocycles. The van der Waals surface area contributed by atoms with E-state index in [1.807, 2.05) is 23.5 Å². The van der Waals surface area contributed by atoms with E-state index < -0.39 is 0 Å². The summed E-state index contributed by atoms with van der Waals surface area (Å²) in [4.78, 5) is 2.86. The van der Waals surface area contributed by atoms with Crippen LogP contribution in [0.2, 0.25) is 0 Å². The topological polar surface area (TPSA) is 7.76 Å². The largest absolute Gasteiger partial charge is 0.205 e. The SMILES string of the molecule is CCCCCCCCCCCC[n+]1ccc(SCCCCCCCCSc2cc[n+](CCCCCCCCCCCC)cc2)cc1. The third-order valence-corrected chi connectivity index (χ3v) is 11.5. The van der Waals surface area contributed by atoms with Crippen LogP contribution < -0.4 is 9.13 Å². The Kier molecular flexibility index (Phi) is 28.0. The second-order valence-corrected chi connectivity index (χ2v) is 16.1. The van der Waals surface area contributed by atoms with Crippen molar-refractivity contribution >= 4 is 23.5 Å². The predicted octanol–water partition coefficient (Wildman–Crippen LogP) is 13.3. The summed E-state index contributed by atoms with van der Waals surface area (Å²) in [6.07, 6.45) is 45.6. The van der Waals surface area contributed by atoms with Gasteiger partial charge >= 0.3 is 0 Å². The van der Waals surface area contributed by atoms with Gasteiger partial charge in [0, 0.05) is 46.9 Å². The zero-order valence-corrected chi connectivity index (χ0v) is 32.2. The molecule has 0 spiro atoms. The molecule has 0 aliphatic rings. The maximum atomic E-state index is 2.38. The van der Waals surface area contributed by atoms with Gasteiger partial charge in [0.25, 0.3) is 0 Å². The van der Waals surface area contributed by atoms with Crippen molar-refractivity contribution in [1.82, 2.24) is 0 Å². The van der Waals surface area contributed by atoms with E-state index in [-0.39, 0.29) is 0 Å². The lowest BCUT2D eigenvalue weighted by molar-refractivity contribution is -0.697. The van der Waals surface area contributed by atoms with Gasteiger partial charge in [-0.15, -0.1) is 23.5 Å². The zero-order valence-electron chi connectivity index (χ0n) is 30.5. The molecular weight excluding hydrogens is 597 g/mol. The highest BCUT2D eigenvalue weighted by Gasteiger charge is 2.04. The third kappa shape index (κ3) is 24.2. The Balaban J connectivity index is 1.34. The molecule has 0 N–H and O–H groups in total. The fraction of sp³-hybridized carbons (Fsp3) is 0.762. The van der Waals surface area contributed by atoms with Gasteiger partial charge in [-0.3, -0.25) is 0 Å². The monoisotopic (exact) mass is 671 g/mol. The molecule has 2 nitrogen and oxygen atoms in total. The molecule has 0 saturated heterocycles. The first-order valence-electron chi connectivity index (χ1n) is 20.1. The van der Waals surface area contributed by atoms with Crippen LogP contribution >= 0.6 is 23.5 Å². The minimum absolute atomic E-state index is 1.17. The summed E-state index contributed by atoms with van der Waals surface area (Å²) in [5, 5.41) is 0. The van der Waals surface area contributed by atoms with Crippen LogP contribution in [-0.4, -0.2) is 11.5 Å². The molecule has 46 heavy (non-hydrogen) atoms. The number of hydrogen-bond donors (Lipinski definition) is 0. The van der Waals surface area contributed by atoms with Crippen LogP contribution in [0, 0.1) is 0 Å². The average Bonchev–Trinajstić information content (AvgIpc) is 3.08. The van der Waals surface area contributed by atoms with Crippen molar-refractivity contribution in [1.29, 1.82) is 0 Å². The van der Waals surface area contributed by atoms with Crippen LogP contribution in [0.1, 0.15) is 181 Å². The molecule has 0 fully saturated rings. The van der Waals surface area contributed by atoms with Crippen LogP contribution in [0.15, 0.2) is 58.8 Å². The molecule has 2 aromatic heterocycles. The highest BCUT2D eigenvalue weighted by atomic mass is 32.2. The summed E-state index contributed by atoms with van der Waals surface area (Å²) in [5.74, 6) is 2.51. The molecule has 0 aromatic carbocycles. The molecule has 0 aliphatic heterocycles. The molecule has 2 aromatic rings. The van der Waals surface area contributed by atoms with Gasteiger partial charge in [0.15, 0.2) is 24.8 Å². The highest BCUT2D eigenvalue weighted by Crippen LogP contribution is 2.21. The number of rotatable bonds is 33. The Morgan fingerprint density at radius 1 is 0.348 bits per heavy atom. The molecule has 4 heteroatoms. The van der Waals surface area contributed by atoms with Gasteiger partial charge in [-0.05, 0) is 37.2 Å². The first-order valence-corrected chi connectivity index (χ1v) is 22.0. The van der Waals surface area contributed by atoms with Gasteiger partial charge < -0.3 is 0 Å². The van der Waals surface area contributed by atoms with Crippen molar-refractivity contribution in [2.45, 2.75) is 204 Å². The number of hydrogen-bond acceptors (Lipinski definition) is 2. The van der Waals surface area contributed by atoms with Crippen LogP contribution in [0.3, 0.4) is 0 Å². The molecule has 0 bridgehead atoms. The summed E-state index contributed by atoms with van der Waals surface area (Å²) in [6, 6.07) is 9.29. The zero-order chi connectivity index (χ0) is 32.6. The quantitative estimate of drug-likeness (QED) is 0.0424. The van der Waals surface area contributed by atoms with Crippen LogP contribution in [-0.2, 0) is 13.1 Å². The van der Waals surface area contributed by atoms with Crippen LogP contribution in [0.5, 0.6) is 0 Å². The minimum Gasteiger partial charge on any atom is -0.205 e. The lowest BCUT2D eigenvalue weighted by Gasteiger charge is -2.04. The summed E-state index contributed by atoms with van der Waals surface area (Å²) in [6.45, 7) is 6.94. The van der Waals surface area contributed by atoms with Crippen LogP contribution in [0.4, 0.5) is 0 Å². The Hall–Kier alpha value is -1.00. The second kappa shape index (κ2) is 31.3.